The summed E-state index contributed by atoms with van der Waals surface area (Å²) in [5.41, 5.74) is 4.18. The van der Waals surface area contributed by atoms with E-state index in [1.807, 2.05) is 19.1 Å². The van der Waals surface area contributed by atoms with Crippen molar-refractivity contribution >= 4 is 0 Å². The second-order valence-corrected chi connectivity index (χ2v) is 6.26. The molecule has 0 amide bonds. The number of rotatable bonds is 3. The lowest BCUT2D eigenvalue weighted by Crippen LogP contribution is -2.45. The van der Waals surface area contributed by atoms with Crippen LogP contribution in [0.1, 0.15) is 36.4 Å². The molecule has 3 atom stereocenters. The highest BCUT2D eigenvalue weighted by atomic mass is 19.1. The molecule has 2 fully saturated rings. The summed E-state index contributed by atoms with van der Waals surface area (Å²) in [6.45, 7) is 3.94. The summed E-state index contributed by atoms with van der Waals surface area (Å²) >= 11 is 0. The molecule has 1 spiro atoms. The van der Waals surface area contributed by atoms with Crippen molar-refractivity contribution in [2.75, 3.05) is 19.8 Å². The van der Waals surface area contributed by atoms with E-state index >= 15 is 0 Å². The van der Waals surface area contributed by atoms with E-state index in [4.69, 9.17) is 15.3 Å². The van der Waals surface area contributed by atoms with Gasteiger partial charge in [0.2, 0.25) is 0 Å². The Bertz CT molecular complexity index is 503. The Hall–Kier alpha value is -1.01. The second-order valence-electron chi connectivity index (χ2n) is 6.26. The summed E-state index contributed by atoms with van der Waals surface area (Å²) in [5, 5.41) is 0. The Balaban J connectivity index is 1.82. The molecule has 0 radical (unpaired) electrons. The first-order valence-electron chi connectivity index (χ1n) is 7.57. The molecular formula is C16H23FN2O2. The van der Waals surface area contributed by atoms with Gasteiger partial charge in [0.05, 0.1) is 18.2 Å². The fourth-order valence-corrected chi connectivity index (χ4v) is 3.58. The summed E-state index contributed by atoms with van der Waals surface area (Å²) in [7, 11) is 0. The Morgan fingerprint density at radius 1 is 1.43 bits per heavy atom. The van der Waals surface area contributed by atoms with Gasteiger partial charge in [0.1, 0.15) is 5.82 Å². The minimum Gasteiger partial charge on any atom is -0.378 e. The fraction of sp³-hybridized carbons (Fsp3) is 0.625. The van der Waals surface area contributed by atoms with Crippen LogP contribution >= 0.6 is 0 Å². The lowest BCUT2D eigenvalue weighted by atomic mass is 9.79. The molecule has 1 aromatic carbocycles. The summed E-state index contributed by atoms with van der Waals surface area (Å²) in [5.74, 6) is 5.80. The maximum absolute atomic E-state index is 14.3. The predicted octanol–water partition coefficient (Wildman–Crippen LogP) is 2.22. The number of nitrogens with two attached hydrogens (primary N) is 1. The van der Waals surface area contributed by atoms with Crippen molar-refractivity contribution in [3.05, 3.63) is 35.1 Å². The molecule has 21 heavy (non-hydrogen) atoms. The summed E-state index contributed by atoms with van der Waals surface area (Å²) in [6, 6.07) is 5.14. The van der Waals surface area contributed by atoms with Gasteiger partial charge in [-0.25, -0.2) is 4.39 Å². The third-order valence-electron chi connectivity index (χ3n) is 4.74. The zero-order chi connectivity index (χ0) is 14.9. The van der Waals surface area contributed by atoms with Crippen LogP contribution in [-0.2, 0) is 9.47 Å². The second kappa shape index (κ2) is 6.01. The van der Waals surface area contributed by atoms with E-state index < -0.39 is 0 Å². The van der Waals surface area contributed by atoms with Crippen molar-refractivity contribution in [2.24, 2.45) is 11.8 Å². The van der Waals surface area contributed by atoms with E-state index in [0.717, 1.165) is 31.4 Å². The van der Waals surface area contributed by atoms with Gasteiger partial charge in [0.15, 0.2) is 0 Å². The third kappa shape index (κ3) is 2.97. The van der Waals surface area contributed by atoms with Crippen molar-refractivity contribution in [3.63, 3.8) is 0 Å². The van der Waals surface area contributed by atoms with Crippen LogP contribution in [-0.4, -0.2) is 25.4 Å². The highest BCUT2D eigenvalue weighted by Gasteiger charge is 2.43. The van der Waals surface area contributed by atoms with Crippen LogP contribution in [0, 0.1) is 18.7 Å². The molecule has 0 aromatic heterocycles. The van der Waals surface area contributed by atoms with Crippen LogP contribution in [0.3, 0.4) is 0 Å². The van der Waals surface area contributed by atoms with Crippen molar-refractivity contribution in [3.8, 4) is 0 Å². The number of aryl methyl sites for hydroxylation is 1. The molecule has 2 saturated heterocycles. The minimum absolute atomic E-state index is 0.188. The molecule has 2 aliphatic rings. The van der Waals surface area contributed by atoms with E-state index in [0.29, 0.717) is 18.8 Å². The maximum atomic E-state index is 14.3. The highest BCUT2D eigenvalue weighted by Crippen LogP contribution is 2.41. The number of hydrazine groups is 1. The zero-order valence-electron chi connectivity index (χ0n) is 12.4. The number of ether oxygens (including phenoxy) is 2. The smallest absolute Gasteiger partial charge is 0.128 e. The van der Waals surface area contributed by atoms with Crippen LogP contribution in [0.5, 0.6) is 0 Å². The first kappa shape index (κ1) is 14.9. The third-order valence-corrected chi connectivity index (χ3v) is 4.74. The van der Waals surface area contributed by atoms with Gasteiger partial charge < -0.3 is 9.47 Å². The van der Waals surface area contributed by atoms with Crippen LogP contribution in [0.25, 0.3) is 0 Å². The van der Waals surface area contributed by atoms with E-state index in [1.165, 1.54) is 0 Å². The first-order valence-corrected chi connectivity index (χ1v) is 7.57. The molecule has 3 unspecified atom stereocenters. The molecule has 0 saturated carbocycles. The lowest BCUT2D eigenvalue weighted by Gasteiger charge is -2.40. The SMILES string of the molecule is Cc1ccc(C(NN)C2CCOC3(CCOC3)C2)c(F)c1. The molecule has 116 valence electrons. The Kier molecular flexibility index (Phi) is 4.26. The summed E-state index contributed by atoms with van der Waals surface area (Å²) < 4.78 is 25.7. The monoisotopic (exact) mass is 294 g/mol. The van der Waals surface area contributed by atoms with Crippen molar-refractivity contribution < 1.29 is 13.9 Å². The fourth-order valence-electron chi connectivity index (χ4n) is 3.58. The van der Waals surface area contributed by atoms with Crippen molar-refractivity contribution in [1.29, 1.82) is 0 Å². The molecule has 3 N–H and O–H groups in total. The normalized spacial score (nSPS) is 30.7. The molecular weight excluding hydrogens is 271 g/mol. The van der Waals surface area contributed by atoms with Crippen LogP contribution in [0.4, 0.5) is 4.39 Å². The summed E-state index contributed by atoms with van der Waals surface area (Å²) in [6.07, 6.45) is 2.65. The van der Waals surface area contributed by atoms with E-state index in [-0.39, 0.29) is 23.4 Å². The Morgan fingerprint density at radius 2 is 2.29 bits per heavy atom. The topological polar surface area (TPSA) is 56.5 Å². The minimum atomic E-state index is -0.195. The average Bonchev–Trinajstić information content (AvgIpc) is 2.90. The molecule has 2 heterocycles. The van der Waals surface area contributed by atoms with Gasteiger partial charge in [0.25, 0.3) is 0 Å². The number of benzene rings is 1. The van der Waals surface area contributed by atoms with Crippen LogP contribution in [0.2, 0.25) is 0 Å². The van der Waals surface area contributed by atoms with Crippen LogP contribution < -0.4 is 11.3 Å². The van der Waals surface area contributed by atoms with Gasteiger partial charge in [0, 0.05) is 25.2 Å². The van der Waals surface area contributed by atoms with Crippen LogP contribution in [0.15, 0.2) is 18.2 Å². The Labute approximate surface area is 124 Å². The maximum Gasteiger partial charge on any atom is 0.128 e. The molecule has 0 aliphatic carbocycles. The lowest BCUT2D eigenvalue weighted by molar-refractivity contribution is -0.103. The molecule has 4 nitrogen and oxygen atoms in total. The number of hydrogen-bond donors (Lipinski definition) is 2. The average molecular weight is 294 g/mol. The van der Waals surface area contributed by atoms with Crippen molar-refractivity contribution in [1.82, 2.24) is 5.43 Å². The van der Waals surface area contributed by atoms with E-state index in [9.17, 15) is 4.39 Å². The molecule has 1 aromatic rings. The number of nitrogens with one attached hydrogen (secondary N) is 1. The van der Waals surface area contributed by atoms with E-state index in [2.05, 4.69) is 5.43 Å². The van der Waals surface area contributed by atoms with Gasteiger partial charge in [-0.2, -0.15) is 0 Å². The van der Waals surface area contributed by atoms with Gasteiger partial charge in [-0.15, -0.1) is 0 Å². The predicted molar refractivity (Wildman–Crippen MR) is 78.0 cm³/mol. The standard InChI is InChI=1S/C16H23FN2O2/c1-11-2-3-13(14(17)8-11)15(19-18)12-4-6-21-16(9-12)5-7-20-10-16/h2-3,8,12,15,19H,4-7,9-10,18H2,1H3. The van der Waals surface area contributed by atoms with E-state index in [1.54, 1.807) is 6.07 Å². The van der Waals surface area contributed by atoms with Gasteiger partial charge >= 0.3 is 0 Å². The molecule has 0 bridgehead atoms. The largest absolute Gasteiger partial charge is 0.378 e. The summed E-state index contributed by atoms with van der Waals surface area (Å²) in [4.78, 5) is 0. The van der Waals surface area contributed by atoms with Crippen molar-refractivity contribution in [2.45, 2.75) is 37.8 Å². The van der Waals surface area contributed by atoms with Gasteiger partial charge in [-0.1, -0.05) is 12.1 Å². The molecule has 2 aliphatic heterocycles. The first-order chi connectivity index (χ1) is 10.1. The Morgan fingerprint density at radius 3 is 2.95 bits per heavy atom. The number of halogens is 1. The molecule has 3 rings (SSSR count). The van der Waals surface area contributed by atoms with Gasteiger partial charge in [-0.05, 0) is 37.3 Å². The quantitative estimate of drug-likeness (QED) is 0.663. The molecule has 5 heteroatoms. The number of hydrogen-bond acceptors (Lipinski definition) is 4. The highest BCUT2D eigenvalue weighted by molar-refractivity contribution is 5.27. The zero-order valence-corrected chi connectivity index (χ0v) is 12.4. The van der Waals surface area contributed by atoms with Gasteiger partial charge in [-0.3, -0.25) is 11.3 Å².